The van der Waals surface area contributed by atoms with Gasteiger partial charge < -0.3 is 11.1 Å². The Morgan fingerprint density at radius 1 is 1.17 bits per heavy atom. The third-order valence-electron chi connectivity index (χ3n) is 2.91. The minimum Gasteiger partial charge on any atom is -0.397 e. The zero-order valence-corrected chi connectivity index (χ0v) is 10.4. The van der Waals surface area contributed by atoms with Crippen molar-refractivity contribution in [3.63, 3.8) is 0 Å². The van der Waals surface area contributed by atoms with Gasteiger partial charge in [0.15, 0.2) is 0 Å². The second kappa shape index (κ2) is 5.54. The standard InChI is InChI=1S/C15H17FN2/c1-11-10-12(6-7-13(11)16)8-9-18-15-5-3-2-4-14(15)17/h2-7,10,18H,8-9,17H2,1H3. The van der Waals surface area contributed by atoms with Gasteiger partial charge in [0.2, 0.25) is 0 Å². The van der Waals surface area contributed by atoms with Gasteiger partial charge in [-0.3, -0.25) is 0 Å². The third kappa shape index (κ3) is 3.00. The molecule has 0 fully saturated rings. The van der Waals surface area contributed by atoms with Gasteiger partial charge in [-0.25, -0.2) is 4.39 Å². The molecule has 0 saturated carbocycles. The SMILES string of the molecule is Cc1cc(CCNc2ccccc2N)ccc1F. The van der Waals surface area contributed by atoms with E-state index in [4.69, 9.17) is 5.73 Å². The molecule has 0 aliphatic carbocycles. The van der Waals surface area contributed by atoms with Crippen LogP contribution in [0.15, 0.2) is 42.5 Å². The summed E-state index contributed by atoms with van der Waals surface area (Å²) in [7, 11) is 0. The van der Waals surface area contributed by atoms with Gasteiger partial charge in [0.1, 0.15) is 5.82 Å². The predicted octanol–water partition coefficient (Wildman–Crippen LogP) is 3.37. The molecule has 0 aromatic heterocycles. The van der Waals surface area contributed by atoms with E-state index in [9.17, 15) is 4.39 Å². The van der Waals surface area contributed by atoms with Crippen molar-refractivity contribution in [2.75, 3.05) is 17.6 Å². The lowest BCUT2D eigenvalue weighted by Gasteiger charge is -2.09. The van der Waals surface area contributed by atoms with Crippen LogP contribution in [-0.4, -0.2) is 6.54 Å². The molecule has 94 valence electrons. The van der Waals surface area contributed by atoms with E-state index in [1.54, 1.807) is 6.92 Å². The van der Waals surface area contributed by atoms with Crippen LogP contribution in [0.25, 0.3) is 0 Å². The number of nitrogens with one attached hydrogen (secondary N) is 1. The highest BCUT2D eigenvalue weighted by molar-refractivity contribution is 5.65. The molecule has 2 rings (SSSR count). The zero-order chi connectivity index (χ0) is 13.0. The molecule has 0 amide bonds. The van der Waals surface area contributed by atoms with Gasteiger partial charge in [0.05, 0.1) is 11.4 Å². The Kier molecular flexibility index (Phi) is 3.82. The van der Waals surface area contributed by atoms with Gasteiger partial charge in [-0.1, -0.05) is 24.3 Å². The highest BCUT2D eigenvalue weighted by Crippen LogP contribution is 2.17. The number of nitrogens with two attached hydrogens (primary N) is 1. The molecule has 0 radical (unpaired) electrons. The first-order valence-corrected chi connectivity index (χ1v) is 6.00. The smallest absolute Gasteiger partial charge is 0.126 e. The minimum atomic E-state index is -0.154. The Balaban J connectivity index is 1.92. The maximum atomic E-state index is 13.1. The normalized spacial score (nSPS) is 10.3. The molecule has 0 atom stereocenters. The van der Waals surface area contributed by atoms with E-state index in [2.05, 4.69) is 5.32 Å². The maximum absolute atomic E-state index is 13.1. The summed E-state index contributed by atoms with van der Waals surface area (Å²) in [6, 6.07) is 12.9. The second-order valence-corrected chi connectivity index (χ2v) is 4.35. The van der Waals surface area contributed by atoms with E-state index in [1.165, 1.54) is 6.07 Å². The molecule has 0 bridgehead atoms. The number of anilines is 2. The molecule has 2 aromatic carbocycles. The van der Waals surface area contributed by atoms with Crippen LogP contribution in [0.4, 0.5) is 15.8 Å². The molecule has 2 nitrogen and oxygen atoms in total. The summed E-state index contributed by atoms with van der Waals surface area (Å²) in [5, 5.41) is 3.28. The van der Waals surface area contributed by atoms with Crippen LogP contribution in [0.3, 0.4) is 0 Å². The van der Waals surface area contributed by atoms with Crippen LogP contribution < -0.4 is 11.1 Å². The molecule has 2 aromatic rings. The van der Waals surface area contributed by atoms with E-state index in [0.717, 1.165) is 29.9 Å². The first-order chi connectivity index (χ1) is 8.66. The van der Waals surface area contributed by atoms with Crippen LogP contribution in [-0.2, 0) is 6.42 Å². The summed E-state index contributed by atoms with van der Waals surface area (Å²) < 4.78 is 13.1. The van der Waals surface area contributed by atoms with Crippen molar-refractivity contribution in [2.24, 2.45) is 0 Å². The molecule has 0 heterocycles. The summed E-state index contributed by atoms with van der Waals surface area (Å²) in [5.41, 5.74) is 9.32. The molecule has 0 aliphatic rings. The molecule has 0 unspecified atom stereocenters. The van der Waals surface area contributed by atoms with Crippen molar-refractivity contribution in [3.8, 4) is 0 Å². The molecule has 0 aliphatic heterocycles. The van der Waals surface area contributed by atoms with Crippen LogP contribution in [0.1, 0.15) is 11.1 Å². The van der Waals surface area contributed by atoms with E-state index in [0.29, 0.717) is 5.56 Å². The average molecular weight is 244 g/mol. The Morgan fingerprint density at radius 3 is 2.67 bits per heavy atom. The number of benzene rings is 2. The van der Waals surface area contributed by atoms with Crippen molar-refractivity contribution < 1.29 is 4.39 Å². The van der Waals surface area contributed by atoms with Crippen molar-refractivity contribution >= 4 is 11.4 Å². The highest BCUT2D eigenvalue weighted by Gasteiger charge is 2.00. The summed E-state index contributed by atoms with van der Waals surface area (Å²) in [6.45, 7) is 2.56. The lowest BCUT2D eigenvalue weighted by atomic mass is 10.1. The Hall–Kier alpha value is -2.03. The number of halogens is 1. The van der Waals surface area contributed by atoms with Crippen LogP contribution in [0.2, 0.25) is 0 Å². The zero-order valence-electron chi connectivity index (χ0n) is 10.4. The van der Waals surface area contributed by atoms with E-state index >= 15 is 0 Å². The molecular formula is C15H17FN2. The number of rotatable bonds is 4. The fraction of sp³-hybridized carbons (Fsp3) is 0.200. The Labute approximate surface area is 107 Å². The second-order valence-electron chi connectivity index (χ2n) is 4.35. The van der Waals surface area contributed by atoms with Crippen molar-refractivity contribution in [1.82, 2.24) is 0 Å². The van der Waals surface area contributed by atoms with Gasteiger partial charge in [0.25, 0.3) is 0 Å². The molecule has 0 saturated heterocycles. The van der Waals surface area contributed by atoms with Crippen LogP contribution in [0, 0.1) is 12.7 Å². The predicted molar refractivity (Wildman–Crippen MR) is 74.2 cm³/mol. The number of para-hydroxylation sites is 2. The quantitative estimate of drug-likeness (QED) is 0.809. The third-order valence-corrected chi connectivity index (χ3v) is 2.91. The van der Waals surface area contributed by atoms with E-state index in [1.807, 2.05) is 36.4 Å². The molecule has 18 heavy (non-hydrogen) atoms. The van der Waals surface area contributed by atoms with Gasteiger partial charge in [-0.05, 0) is 42.7 Å². The van der Waals surface area contributed by atoms with Crippen molar-refractivity contribution in [2.45, 2.75) is 13.3 Å². The van der Waals surface area contributed by atoms with Gasteiger partial charge in [0, 0.05) is 6.54 Å². The first kappa shape index (κ1) is 12.4. The topological polar surface area (TPSA) is 38.0 Å². The lowest BCUT2D eigenvalue weighted by Crippen LogP contribution is -2.07. The van der Waals surface area contributed by atoms with E-state index < -0.39 is 0 Å². The molecule has 0 spiro atoms. The van der Waals surface area contributed by atoms with E-state index in [-0.39, 0.29) is 5.82 Å². The lowest BCUT2D eigenvalue weighted by molar-refractivity contribution is 0.617. The minimum absolute atomic E-state index is 0.154. The number of nitrogen functional groups attached to an aromatic ring is 1. The summed E-state index contributed by atoms with van der Waals surface area (Å²) in [5.74, 6) is -0.154. The fourth-order valence-electron chi connectivity index (χ4n) is 1.86. The monoisotopic (exact) mass is 244 g/mol. The molecular weight excluding hydrogens is 227 g/mol. The Morgan fingerprint density at radius 2 is 1.94 bits per heavy atom. The first-order valence-electron chi connectivity index (χ1n) is 6.00. The Bertz CT molecular complexity index is 538. The molecule has 3 heteroatoms. The number of aryl methyl sites for hydroxylation is 1. The largest absolute Gasteiger partial charge is 0.397 e. The summed E-state index contributed by atoms with van der Waals surface area (Å²) in [6.07, 6.45) is 0.843. The number of hydrogen-bond acceptors (Lipinski definition) is 2. The van der Waals surface area contributed by atoms with Crippen molar-refractivity contribution in [3.05, 3.63) is 59.4 Å². The number of hydrogen-bond donors (Lipinski definition) is 2. The van der Waals surface area contributed by atoms with Crippen molar-refractivity contribution in [1.29, 1.82) is 0 Å². The van der Waals surface area contributed by atoms with Gasteiger partial charge >= 0.3 is 0 Å². The summed E-state index contributed by atoms with van der Waals surface area (Å²) in [4.78, 5) is 0. The van der Waals surface area contributed by atoms with Gasteiger partial charge in [-0.15, -0.1) is 0 Å². The maximum Gasteiger partial charge on any atom is 0.126 e. The average Bonchev–Trinajstić information content (AvgIpc) is 2.36. The fourth-order valence-corrected chi connectivity index (χ4v) is 1.86. The van der Waals surface area contributed by atoms with Gasteiger partial charge in [-0.2, -0.15) is 0 Å². The molecule has 3 N–H and O–H groups in total. The van der Waals surface area contributed by atoms with Crippen LogP contribution in [0.5, 0.6) is 0 Å². The van der Waals surface area contributed by atoms with Crippen LogP contribution >= 0.6 is 0 Å². The summed E-state index contributed by atoms with van der Waals surface area (Å²) >= 11 is 0. The highest BCUT2D eigenvalue weighted by atomic mass is 19.1.